The zero-order valence-corrected chi connectivity index (χ0v) is 15.0. The fraction of sp³-hybridized carbons (Fsp3) is 0.950. The molecule has 0 bridgehead atoms. The van der Waals surface area contributed by atoms with E-state index in [4.69, 9.17) is 14.2 Å². The van der Waals surface area contributed by atoms with E-state index < -0.39 is 0 Å². The number of fused-ring (bicyclic) bond motifs is 2. The van der Waals surface area contributed by atoms with Crippen LogP contribution in [0.2, 0.25) is 0 Å². The Morgan fingerprint density at radius 2 is 1.67 bits per heavy atom. The van der Waals surface area contributed by atoms with Gasteiger partial charge in [0.15, 0.2) is 0 Å². The maximum absolute atomic E-state index is 12.7. The molecule has 24 heavy (non-hydrogen) atoms. The predicted octanol–water partition coefficient (Wildman–Crippen LogP) is 3.86. The number of epoxide rings is 2. The van der Waals surface area contributed by atoms with Gasteiger partial charge in [0.1, 0.15) is 0 Å². The van der Waals surface area contributed by atoms with Gasteiger partial charge in [0.25, 0.3) is 0 Å². The Bertz CT molecular complexity index is 451. The molecule has 0 N–H and O–H groups in total. The molecule has 7 atom stereocenters. The van der Waals surface area contributed by atoms with Crippen molar-refractivity contribution in [3.05, 3.63) is 0 Å². The summed E-state index contributed by atoms with van der Waals surface area (Å²) >= 11 is 0. The van der Waals surface area contributed by atoms with Gasteiger partial charge >= 0.3 is 5.97 Å². The highest BCUT2D eigenvalue weighted by Crippen LogP contribution is 2.42. The molecule has 4 fully saturated rings. The monoisotopic (exact) mass is 336 g/mol. The van der Waals surface area contributed by atoms with Gasteiger partial charge in [0.2, 0.25) is 0 Å². The molecule has 7 unspecified atom stereocenters. The minimum Gasteiger partial charge on any atom is -0.465 e. The van der Waals surface area contributed by atoms with Crippen molar-refractivity contribution in [2.75, 3.05) is 6.61 Å². The Balaban J connectivity index is 1.24. The number of ether oxygens (including phenoxy) is 3. The molecule has 2 saturated carbocycles. The topological polar surface area (TPSA) is 51.4 Å². The summed E-state index contributed by atoms with van der Waals surface area (Å²) in [5.74, 6) is 1.32. The van der Waals surface area contributed by atoms with Crippen LogP contribution in [0.4, 0.5) is 0 Å². The summed E-state index contributed by atoms with van der Waals surface area (Å²) in [4.78, 5) is 12.7. The lowest BCUT2D eigenvalue weighted by Gasteiger charge is -2.25. The van der Waals surface area contributed by atoms with E-state index in [0.717, 1.165) is 51.4 Å². The van der Waals surface area contributed by atoms with Crippen LogP contribution in [-0.4, -0.2) is 37.0 Å². The van der Waals surface area contributed by atoms with E-state index in [-0.39, 0.29) is 11.9 Å². The van der Waals surface area contributed by atoms with Gasteiger partial charge in [-0.1, -0.05) is 19.8 Å². The molecule has 4 heteroatoms. The van der Waals surface area contributed by atoms with E-state index in [1.54, 1.807) is 0 Å². The maximum Gasteiger partial charge on any atom is 0.308 e. The van der Waals surface area contributed by atoms with Gasteiger partial charge in [-0.3, -0.25) is 4.79 Å². The van der Waals surface area contributed by atoms with E-state index >= 15 is 0 Å². The van der Waals surface area contributed by atoms with Crippen LogP contribution in [0.5, 0.6) is 0 Å². The van der Waals surface area contributed by atoms with Crippen molar-refractivity contribution in [2.45, 2.75) is 95.5 Å². The molecule has 4 rings (SSSR count). The van der Waals surface area contributed by atoms with Crippen molar-refractivity contribution < 1.29 is 19.0 Å². The lowest BCUT2D eigenvalue weighted by atomic mass is 9.81. The summed E-state index contributed by atoms with van der Waals surface area (Å²) < 4.78 is 17.0. The van der Waals surface area contributed by atoms with Crippen LogP contribution < -0.4 is 0 Å². The molecule has 0 aromatic carbocycles. The largest absolute Gasteiger partial charge is 0.465 e. The van der Waals surface area contributed by atoms with Gasteiger partial charge in [-0.05, 0) is 63.2 Å². The van der Waals surface area contributed by atoms with Gasteiger partial charge < -0.3 is 14.2 Å². The smallest absolute Gasteiger partial charge is 0.308 e. The predicted molar refractivity (Wildman–Crippen MR) is 90.6 cm³/mol. The molecule has 4 aliphatic rings. The first-order chi connectivity index (χ1) is 11.7. The van der Waals surface area contributed by atoms with E-state index in [9.17, 15) is 4.79 Å². The summed E-state index contributed by atoms with van der Waals surface area (Å²) in [6.45, 7) is 2.80. The summed E-state index contributed by atoms with van der Waals surface area (Å²) in [6.07, 6.45) is 13.2. The third-order valence-electron chi connectivity index (χ3n) is 6.54. The van der Waals surface area contributed by atoms with Crippen LogP contribution in [0.1, 0.15) is 71.1 Å². The first-order valence-corrected chi connectivity index (χ1v) is 10.2. The number of hydrogen-bond acceptors (Lipinski definition) is 4. The Morgan fingerprint density at radius 3 is 2.33 bits per heavy atom. The Morgan fingerprint density at radius 1 is 1.00 bits per heavy atom. The van der Waals surface area contributed by atoms with Gasteiger partial charge in [-0.15, -0.1) is 0 Å². The lowest BCUT2D eigenvalue weighted by molar-refractivity contribution is -0.151. The molecule has 2 aliphatic carbocycles. The third-order valence-corrected chi connectivity index (χ3v) is 6.54. The molecule has 2 heterocycles. The van der Waals surface area contributed by atoms with Crippen molar-refractivity contribution in [1.29, 1.82) is 0 Å². The molecule has 2 saturated heterocycles. The zero-order valence-electron chi connectivity index (χ0n) is 15.0. The Hall–Kier alpha value is -0.610. The Labute approximate surface area is 145 Å². The average Bonchev–Trinajstić information content (AvgIpc) is 3.49. The fourth-order valence-electron chi connectivity index (χ4n) is 4.84. The minimum atomic E-state index is 0.0566. The van der Waals surface area contributed by atoms with Crippen molar-refractivity contribution in [1.82, 2.24) is 0 Å². The number of esters is 1. The van der Waals surface area contributed by atoms with Crippen molar-refractivity contribution in [3.8, 4) is 0 Å². The molecule has 0 aromatic heterocycles. The van der Waals surface area contributed by atoms with Crippen molar-refractivity contribution >= 4 is 5.97 Å². The van der Waals surface area contributed by atoms with E-state index in [0.29, 0.717) is 42.9 Å². The number of hydrogen-bond donors (Lipinski definition) is 0. The van der Waals surface area contributed by atoms with Crippen LogP contribution in [0, 0.1) is 17.8 Å². The zero-order chi connectivity index (χ0) is 16.5. The van der Waals surface area contributed by atoms with Crippen LogP contribution >= 0.6 is 0 Å². The molecule has 4 nitrogen and oxygen atoms in total. The van der Waals surface area contributed by atoms with Crippen LogP contribution in [0.25, 0.3) is 0 Å². The van der Waals surface area contributed by atoms with Gasteiger partial charge in [0, 0.05) is 0 Å². The first-order valence-electron chi connectivity index (χ1n) is 10.2. The highest BCUT2D eigenvalue weighted by atomic mass is 16.6. The second-order valence-electron chi connectivity index (χ2n) is 8.49. The SMILES string of the molecule is CCCCC(CC1CCC2OC2C1)C(=O)OCC1CCC2OC2C1. The van der Waals surface area contributed by atoms with E-state index in [1.165, 1.54) is 12.8 Å². The standard InChI is InChI=1S/C20H32O4/c1-2-3-4-15(9-13-5-7-16-18(10-13)23-16)20(21)22-12-14-6-8-17-19(11-14)24-17/h13-19H,2-12H2,1H3. The molecule has 0 aromatic rings. The quantitative estimate of drug-likeness (QED) is 0.499. The van der Waals surface area contributed by atoms with Gasteiger partial charge in [-0.2, -0.15) is 0 Å². The van der Waals surface area contributed by atoms with Crippen molar-refractivity contribution in [3.63, 3.8) is 0 Å². The van der Waals surface area contributed by atoms with Crippen molar-refractivity contribution in [2.24, 2.45) is 17.8 Å². The maximum atomic E-state index is 12.7. The number of rotatable bonds is 8. The molecular formula is C20H32O4. The number of carbonyl (C=O) groups excluding carboxylic acids is 1. The fourth-order valence-corrected chi connectivity index (χ4v) is 4.84. The van der Waals surface area contributed by atoms with Gasteiger partial charge in [-0.25, -0.2) is 0 Å². The summed E-state index contributed by atoms with van der Waals surface area (Å²) in [6, 6.07) is 0. The normalized spacial score (nSPS) is 41.0. The molecule has 0 amide bonds. The minimum absolute atomic E-state index is 0.0566. The first kappa shape index (κ1) is 16.8. The average molecular weight is 336 g/mol. The highest BCUT2D eigenvalue weighted by molar-refractivity contribution is 5.72. The molecule has 0 spiro atoms. The summed E-state index contributed by atoms with van der Waals surface area (Å²) in [5, 5.41) is 0. The summed E-state index contributed by atoms with van der Waals surface area (Å²) in [5.41, 5.74) is 0. The number of carbonyl (C=O) groups is 1. The lowest BCUT2D eigenvalue weighted by Crippen LogP contribution is -2.26. The Kier molecular flexibility index (Phi) is 5.14. The molecule has 2 aliphatic heterocycles. The molecular weight excluding hydrogens is 304 g/mol. The van der Waals surface area contributed by atoms with Gasteiger partial charge in [0.05, 0.1) is 36.9 Å². The van der Waals surface area contributed by atoms with E-state index in [1.807, 2.05) is 0 Å². The third kappa shape index (κ3) is 4.13. The van der Waals surface area contributed by atoms with Crippen LogP contribution in [-0.2, 0) is 19.0 Å². The second kappa shape index (κ2) is 7.33. The van der Waals surface area contributed by atoms with Crippen LogP contribution in [0.15, 0.2) is 0 Å². The second-order valence-corrected chi connectivity index (χ2v) is 8.49. The van der Waals surface area contributed by atoms with E-state index in [2.05, 4.69) is 6.92 Å². The number of unbranched alkanes of at least 4 members (excludes halogenated alkanes) is 1. The molecule has 136 valence electrons. The molecule has 0 radical (unpaired) electrons. The summed E-state index contributed by atoms with van der Waals surface area (Å²) in [7, 11) is 0. The highest BCUT2D eigenvalue weighted by Gasteiger charge is 2.45. The van der Waals surface area contributed by atoms with Crippen LogP contribution in [0.3, 0.4) is 0 Å².